The fraction of sp³-hybridized carbons (Fsp3) is 0.917. The summed E-state index contributed by atoms with van der Waals surface area (Å²) in [6.07, 6.45) is 3.11. The lowest BCUT2D eigenvalue weighted by Crippen LogP contribution is -2.40. The summed E-state index contributed by atoms with van der Waals surface area (Å²) in [5.41, 5.74) is 5.84. The predicted octanol–water partition coefficient (Wildman–Crippen LogP) is 2.00. The van der Waals surface area contributed by atoms with Crippen LogP contribution in [0, 0.1) is 11.3 Å². The van der Waals surface area contributed by atoms with Gasteiger partial charge in [-0.3, -0.25) is 4.79 Å². The Kier molecular flexibility index (Phi) is 4.68. The van der Waals surface area contributed by atoms with Crippen molar-refractivity contribution in [2.24, 2.45) is 17.1 Å². The third kappa shape index (κ3) is 3.98. The topological polar surface area (TPSA) is 52.3 Å². The van der Waals surface area contributed by atoms with Crippen LogP contribution in [0.3, 0.4) is 0 Å². The van der Waals surface area contributed by atoms with Gasteiger partial charge >= 0.3 is 5.97 Å². The van der Waals surface area contributed by atoms with Gasteiger partial charge in [-0.15, -0.1) is 0 Å². The Bertz CT molecular complexity index is 255. The number of esters is 1. The molecule has 0 aromatic heterocycles. The fourth-order valence-corrected chi connectivity index (χ4v) is 2.82. The molecule has 94 valence electrons. The first-order chi connectivity index (χ1) is 7.34. The van der Waals surface area contributed by atoms with Crippen molar-refractivity contribution >= 4 is 18.6 Å². The molecule has 3 atom stereocenters. The van der Waals surface area contributed by atoms with Gasteiger partial charge in [0.05, 0.1) is 0 Å². The Morgan fingerprint density at radius 2 is 2.19 bits per heavy atom. The first kappa shape index (κ1) is 13.8. The molecule has 0 aromatic carbocycles. The van der Waals surface area contributed by atoms with Crippen LogP contribution in [0.1, 0.15) is 40.0 Å². The maximum atomic E-state index is 11.6. The molecule has 1 saturated carbocycles. The lowest BCUT2D eigenvalue weighted by molar-refractivity contribution is -0.154. The number of hydrogen-bond donors (Lipinski definition) is 2. The van der Waals surface area contributed by atoms with Gasteiger partial charge in [0, 0.05) is 5.75 Å². The van der Waals surface area contributed by atoms with Crippen molar-refractivity contribution < 1.29 is 9.53 Å². The molecule has 0 spiro atoms. The van der Waals surface area contributed by atoms with Crippen LogP contribution < -0.4 is 5.73 Å². The van der Waals surface area contributed by atoms with Gasteiger partial charge in [0.15, 0.2) is 0 Å². The molecule has 2 unspecified atom stereocenters. The zero-order valence-electron chi connectivity index (χ0n) is 10.4. The van der Waals surface area contributed by atoms with E-state index >= 15 is 0 Å². The van der Waals surface area contributed by atoms with E-state index in [1.165, 1.54) is 6.42 Å². The molecule has 0 aromatic rings. The number of thiol groups is 1. The van der Waals surface area contributed by atoms with Crippen molar-refractivity contribution in [3.8, 4) is 0 Å². The van der Waals surface area contributed by atoms with Crippen molar-refractivity contribution in [2.45, 2.75) is 52.2 Å². The third-order valence-electron chi connectivity index (χ3n) is 3.13. The van der Waals surface area contributed by atoms with Gasteiger partial charge in [-0.2, -0.15) is 12.6 Å². The van der Waals surface area contributed by atoms with Crippen LogP contribution in [0.15, 0.2) is 0 Å². The molecule has 0 aliphatic heterocycles. The molecule has 1 aliphatic rings. The van der Waals surface area contributed by atoms with Gasteiger partial charge in [-0.25, -0.2) is 0 Å². The minimum Gasteiger partial charge on any atom is -0.461 e. The first-order valence-electron chi connectivity index (χ1n) is 5.91. The summed E-state index contributed by atoms with van der Waals surface area (Å²) in [7, 11) is 0. The summed E-state index contributed by atoms with van der Waals surface area (Å²) in [6.45, 7) is 6.66. The highest BCUT2D eigenvalue weighted by Gasteiger charge is 2.34. The second kappa shape index (κ2) is 5.41. The third-order valence-corrected chi connectivity index (χ3v) is 3.52. The SMILES string of the molecule is CC1CC(OC(=O)[C@@H](N)CS)CC(C)(C)C1. The Hall–Kier alpha value is -0.220. The molecule has 16 heavy (non-hydrogen) atoms. The average molecular weight is 245 g/mol. The normalized spacial score (nSPS) is 30.8. The number of carbonyl (C=O) groups excluding carboxylic acids is 1. The summed E-state index contributed by atoms with van der Waals surface area (Å²) in [5.74, 6) is 0.628. The van der Waals surface area contributed by atoms with Crippen LogP contribution in [0.25, 0.3) is 0 Å². The second-order valence-corrected chi connectivity index (χ2v) is 6.13. The number of hydrogen-bond acceptors (Lipinski definition) is 4. The van der Waals surface area contributed by atoms with Crippen LogP contribution in [0.4, 0.5) is 0 Å². The quantitative estimate of drug-likeness (QED) is 0.590. The molecular formula is C12H23NO2S. The molecule has 4 heteroatoms. The number of ether oxygens (including phenoxy) is 1. The van der Waals surface area contributed by atoms with E-state index in [-0.39, 0.29) is 17.5 Å². The Labute approximate surface area is 104 Å². The van der Waals surface area contributed by atoms with Crippen molar-refractivity contribution in [3.05, 3.63) is 0 Å². The van der Waals surface area contributed by atoms with E-state index in [2.05, 4.69) is 33.4 Å². The minimum atomic E-state index is -0.594. The zero-order chi connectivity index (χ0) is 12.3. The van der Waals surface area contributed by atoms with Gasteiger partial charge in [0.1, 0.15) is 12.1 Å². The van der Waals surface area contributed by atoms with E-state index in [1.54, 1.807) is 0 Å². The molecular weight excluding hydrogens is 222 g/mol. The maximum absolute atomic E-state index is 11.6. The number of carbonyl (C=O) groups is 1. The lowest BCUT2D eigenvalue weighted by Gasteiger charge is -2.38. The largest absolute Gasteiger partial charge is 0.461 e. The highest BCUT2D eigenvalue weighted by molar-refractivity contribution is 7.80. The molecule has 2 N–H and O–H groups in total. The van der Waals surface area contributed by atoms with E-state index in [9.17, 15) is 4.79 Å². The summed E-state index contributed by atoms with van der Waals surface area (Å²) in [5, 5.41) is 0. The molecule has 1 rings (SSSR count). The molecule has 0 saturated heterocycles. The molecule has 0 heterocycles. The Morgan fingerprint density at radius 1 is 1.56 bits per heavy atom. The summed E-state index contributed by atoms with van der Waals surface area (Å²) in [4.78, 5) is 11.6. The van der Waals surface area contributed by atoms with Crippen LogP contribution in [0.5, 0.6) is 0 Å². The molecule has 0 bridgehead atoms. The summed E-state index contributed by atoms with van der Waals surface area (Å²) >= 11 is 4.00. The molecule has 0 radical (unpaired) electrons. The number of rotatable bonds is 3. The number of nitrogens with two attached hydrogens (primary N) is 1. The average Bonchev–Trinajstić information content (AvgIpc) is 2.12. The highest BCUT2D eigenvalue weighted by Crippen LogP contribution is 2.39. The monoisotopic (exact) mass is 245 g/mol. The molecule has 1 fully saturated rings. The van der Waals surface area contributed by atoms with Gasteiger partial charge in [0.2, 0.25) is 0 Å². The van der Waals surface area contributed by atoms with Crippen molar-refractivity contribution in [3.63, 3.8) is 0 Å². The smallest absolute Gasteiger partial charge is 0.324 e. The highest BCUT2D eigenvalue weighted by atomic mass is 32.1. The van der Waals surface area contributed by atoms with E-state index in [4.69, 9.17) is 10.5 Å². The Balaban J connectivity index is 2.51. The molecule has 0 amide bonds. The van der Waals surface area contributed by atoms with Crippen LogP contribution in [-0.4, -0.2) is 23.9 Å². The van der Waals surface area contributed by atoms with Crippen molar-refractivity contribution in [1.82, 2.24) is 0 Å². The maximum Gasteiger partial charge on any atom is 0.324 e. The standard InChI is InChI=1S/C12H23NO2S/c1-8-4-9(6-12(2,3)5-8)15-11(14)10(13)7-16/h8-10,16H,4-7,13H2,1-3H3/t8?,9?,10-/m0/s1. The van der Waals surface area contributed by atoms with Gasteiger partial charge in [-0.1, -0.05) is 20.8 Å². The van der Waals surface area contributed by atoms with Gasteiger partial charge in [0.25, 0.3) is 0 Å². The van der Waals surface area contributed by atoms with Crippen LogP contribution in [0.2, 0.25) is 0 Å². The summed E-state index contributed by atoms with van der Waals surface area (Å²) in [6, 6.07) is -0.594. The van der Waals surface area contributed by atoms with E-state index < -0.39 is 6.04 Å². The van der Waals surface area contributed by atoms with Gasteiger partial charge in [-0.05, 0) is 30.6 Å². The van der Waals surface area contributed by atoms with Crippen molar-refractivity contribution in [2.75, 3.05) is 5.75 Å². The first-order valence-corrected chi connectivity index (χ1v) is 6.54. The molecule has 1 aliphatic carbocycles. The lowest BCUT2D eigenvalue weighted by atomic mass is 9.71. The second-order valence-electron chi connectivity index (χ2n) is 5.76. The van der Waals surface area contributed by atoms with Crippen molar-refractivity contribution in [1.29, 1.82) is 0 Å². The van der Waals surface area contributed by atoms with Crippen LogP contribution >= 0.6 is 12.6 Å². The van der Waals surface area contributed by atoms with Gasteiger partial charge < -0.3 is 10.5 Å². The zero-order valence-corrected chi connectivity index (χ0v) is 11.3. The van der Waals surface area contributed by atoms with Crippen LogP contribution in [-0.2, 0) is 9.53 Å². The van der Waals surface area contributed by atoms with E-state index in [0.29, 0.717) is 11.7 Å². The predicted molar refractivity (Wildman–Crippen MR) is 68.5 cm³/mol. The van der Waals surface area contributed by atoms with E-state index in [1.807, 2.05) is 0 Å². The Morgan fingerprint density at radius 3 is 2.69 bits per heavy atom. The molecule has 3 nitrogen and oxygen atoms in total. The fourth-order valence-electron chi connectivity index (χ4n) is 2.67. The van der Waals surface area contributed by atoms with E-state index in [0.717, 1.165) is 12.8 Å². The summed E-state index contributed by atoms with van der Waals surface area (Å²) < 4.78 is 5.44. The minimum absolute atomic E-state index is 0.0252.